The van der Waals surface area contributed by atoms with Gasteiger partial charge in [-0.2, -0.15) is 0 Å². The molecule has 0 saturated carbocycles. The van der Waals surface area contributed by atoms with Crippen molar-refractivity contribution in [3.05, 3.63) is 61.7 Å². The van der Waals surface area contributed by atoms with Gasteiger partial charge in [-0.25, -0.2) is 9.78 Å². The first-order valence-electron chi connectivity index (χ1n) is 10.8. The Morgan fingerprint density at radius 3 is 2.72 bits per heavy atom. The van der Waals surface area contributed by atoms with Gasteiger partial charge in [0.05, 0.1) is 22.7 Å². The number of carbonyl (C=O) groups is 1. The van der Waals surface area contributed by atoms with Crippen molar-refractivity contribution in [3.63, 3.8) is 0 Å². The number of carbonyl (C=O) groups excluding carboxylic acids is 1. The maximum absolute atomic E-state index is 13.0. The maximum atomic E-state index is 13.0. The average molecular weight is 440 g/mol. The van der Waals surface area contributed by atoms with Crippen molar-refractivity contribution < 1.29 is 9.90 Å². The molecule has 1 saturated heterocycles. The fourth-order valence-electron chi connectivity index (χ4n) is 4.48. The molecule has 1 amide bonds. The standard InChI is InChI=1S/C23H29N5O4/c1-13-9-14(2)20-16(10-13)24-18(25-20)5-6-19(29)27-8-7-23(4,32)17(12-27)28-11-15(3)21(30)26-22(28)31/h9-11,17,32H,5-8,12H2,1-4H3,(H,24,25)(H,26,30,31)/t17-,23-/m1/s1. The number of amides is 1. The first kappa shape index (κ1) is 22.0. The highest BCUT2D eigenvalue weighted by atomic mass is 16.3. The Balaban J connectivity index is 1.50. The number of hydrogen-bond donors (Lipinski definition) is 3. The SMILES string of the molecule is Cc1cc(C)c2nc(CCC(=O)N3CC[C@@](C)(O)[C@H](n4cc(C)c(=O)[nH]c4=O)C3)[nH]c2c1. The number of aromatic amines is 2. The van der Waals surface area contributed by atoms with Gasteiger partial charge in [-0.1, -0.05) is 6.07 Å². The number of benzene rings is 1. The first-order chi connectivity index (χ1) is 15.0. The Kier molecular flexibility index (Phi) is 5.54. The second-order valence-corrected chi connectivity index (χ2v) is 9.10. The second kappa shape index (κ2) is 8.05. The molecule has 0 unspecified atom stereocenters. The quantitative estimate of drug-likeness (QED) is 0.568. The molecule has 4 rings (SSSR count). The second-order valence-electron chi connectivity index (χ2n) is 9.10. The van der Waals surface area contributed by atoms with E-state index < -0.39 is 22.9 Å². The van der Waals surface area contributed by atoms with Crippen LogP contribution in [0, 0.1) is 20.8 Å². The number of hydrogen-bond acceptors (Lipinski definition) is 5. The number of aromatic nitrogens is 4. The topological polar surface area (TPSA) is 124 Å². The number of piperidine rings is 1. The number of H-pyrrole nitrogens is 2. The lowest BCUT2D eigenvalue weighted by molar-refractivity contribution is -0.138. The Hall–Kier alpha value is -3.20. The van der Waals surface area contributed by atoms with Gasteiger partial charge in [0.2, 0.25) is 5.91 Å². The molecule has 1 aliphatic rings. The van der Waals surface area contributed by atoms with E-state index in [0.717, 1.165) is 28.0 Å². The maximum Gasteiger partial charge on any atom is 0.328 e. The molecule has 32 heavy (non-hydrogen) atoms. The third kappa shape index (κ3) is 4.12. The molecule has 3 aromatic rings. The molecule has 3 heterocycles. The van der Waals surface area contributed by atoms with Gasteiger partial charge in [0.15, 0.2) is 0 Å². The number of nitrogens with one attached hydrogen (secondary N) is 2. The first-order valence-corrected chi connectivity index (χ1v) is 10.8. The van der Waals surface area contributed by atoms with E-state index in [1.165, 1.54) is 10.8 Å². The Labute approximate surface area is 185 Å². The van der Waals surface area contributed by atoms with Gasteiger partial charge in [0, 0.05) is 37.7 Å². The van der Waals surface area contributed by atoms with Crippen LogP contribution in [0.3, 0.4) is 0 Å². The Morgan fingerprint density at radius 1 is 1.22 bits per heavy atom. The number of fused-ring (bicyclic) bond motifs is 1. The number of aryl methyl sites for hydroxylation is 4. The molecule has 1 aromatic carbocycles. The number of likely N-dealkylation sites (tertiary alicyclic amines) is 1. The highest BCUT2D eigenvalue weighted by Gasteiger charge is 2.40. The van der Waals surface area contributed by atoms with Crippen molar-refractivity contribution >= 4 is 16.9 Å². The van der Waals surface area contributed by atoms with E-state index in [4.69, 9.17) is 0 Å². The summed E-state index contributed by atoms with van der Waals surface area (Å²) in [6.07, 6.45) is 2.53. The van der Waals surface area contributed by atoms with E-state index in [2.05, 4.69) is 21.0 Å². The Bertz CT molecular complexity index is 1300. The van der Waals surface area contributed by atoms with E-state index in [1.807, 2.05) is 19.9 Å². The lowest BCUT2D eigenvalue weighted by Gasteiger charge is -2.43. The molecule has 0 aliphatic carbocycles. The van der Waals surface area contributed by atoms with Crippen LogP contribution in [0.2, 0.25) is 0 Å². The smallest absolute Gasteiger partial charge is 0.328 e. The summed E-state index contributed by atoms with van der Waals surface area (Å²) in [5.74, 6) is 0.697. The number of rotatable bonds is 4. The van der Waals surface area contributed by atoms with Crippen LogP contribution < -0.4 is 11.2 Å². The summed E-state index contributed by atoms with van der Waals surface area (Å²) >= 11 is 0. The fraction of sp³-hybridized carbons (Fsp3) is 0.478. The van der Waals surface area contributed by atoms with Crippen molar-refractivity contribution in [1.29, 1.82) is 0 Å². The molecular weight excluding hydrogens is 410 g/mol. The van der Waals surface area contributed by atoms with E-state index in [-0.39, 0.29) is 18.9 Å². The zero-order valence-corrected chi connectivity index (χ0v) is 18.9. The van der Waals surface area contributed by atoms with E-state index >= 15 is 0 Å². The van der Waals surface area contributed by atoms with Crippen molar-refractivity contribution in [2.45, 2.75) is 58.6 Å². The minimum absolute atomic E-state index is 0.0620. The monoisotopic (exact) mass is 439 g/mol. The largest absolute Gasteiger partial charge is 0.388 e. The normalized spacial score (nSPS) is 21.3. The zero-order chi connectivity index (χ0) is 23.2. The molecule has 3 N–H and O–H groups in total. The minimum Gasteiger partial charge on any atom is -0.388 e. The summed E-state index contributed by atoms with van der Waals surface area (Å²) in [4.78, 5) is 49.0. The molecule has 9 heteroatoms. The van der Waals surface area contributed by atoms with Crippen LogP contribution in [-0.4, -0.2) is 54.1 Å². The summed E-state index contributed by atoms with van der Waals surface area (Å²) in [6, 6.07) is 3.47. The predicted molar refractivity (Wildman–Crippen MR) is 121 cm³/mol. The zero-order valence-electron chi connectivity index (χ0n) is 18.9. The lowest BCUT2D eigenvalue weighted by atomic mass is 9.88. The predicted octanol–water partition coefficient (Wildman–Crippen LogP) is 1.50. The summed E-state index contributed by atoms with van der Waals surface area (Å²) in [7, 11) is 0. The van der Waals surface area contributed by atoms with Crippen LogP contribution in [0.4, 0.5) is 0 Å². The van der Waals surface area contributed by atoms with Crippen molar-refractivity contribution in [3.8, 4) is 0 Å². The van der Waals surface area contributed by atoms with Crippen molar-refractivity contribution in [1.82, 2.24) is 24.4 Å². The summed E-state index contributed by atoms with van der Waals surface area (Å²) in [5.41, 5.74) is 2.28. The van der Waals surface area contributed by atoms with E-state index in [1.54, 1.807) is 18.7 Å². The lowest BCUT2D eigenvalue weighted by Crippen LogP contribution is -2.55. The van der Waals surface area contributed by atoms with E-state index in [9.17, 15) is 19.5 Å². The van der Waals surface area contributed by atoms with Crippen molar-refractivity contribution in [2.75, 3.05) is 13.1 Å². The van der Waals surface area contributed by atoms with Crippen LogP contribution >= 0.6 is 0 Å². The molecule has 9 nitrogen and oxygen atoms in total. The third-order valence-electron chi connectivity index (χ3n) is 6.38. The molecule has 1 fully saturated rings. The molecular formula is C23H29N5O4. The van der Waals surface area contributed by atoms with Gasteiger partial charge >= 0.3 is 5.69 Å². The molecule has 1 aliphatic heterocycles. The van der Waals surface area contributed by atoms with Crippen LogP contribution in [0.1, 0.15) is 48.3 Å². The van der Waals surface area contributed by atoms with Gasteiger partial charge < -0.3 is 15.0 Å². The van der Waals surface area contributed by atoms with Crippen LogP contribution in [0.15, 0.2) is 27.9 Å². The van der Waals surface area contributed by atoms with Crippen LogP contribution in [-0.2, 0) is 11.2 Å². The van der Waals surface area contributed by atoms with Crippen LogP contribution in [0.5, 0.6) is 0 Å². The number of aliphatic hydroxyl groups is 1. The molecule has 2 aromatic heterocycles. The van der Waals surface area contributed by atoms with Crippen LogP contribution in [0.25, 0.3) is 11.0 Å². The number of imidazole rings is 1. The minimum atomic E-state index is -1.18. The highest BCUT2D eigenvalue weighted by Crippen LogP contribution is 2.31. The summed E-state index contributed by atoms with van der Waals surface area (Å²) in [5, 5.41) is 10.9. The molecule has 0 radical (unpaired) electrons. The average Bonchev–Trinajstić information content (AvgIpc) is 3.12. The van der Waals surface area contributed by atoms with Gasteiger partial charge in [-0.05, 0) is 51.3 Å². The van der Waals surface area contributed by atoms with Crippen molar-refractivity contribution in [2.24, 2.45) is 0 Å². The Morgan fingerprint density at radius 2 is 1.97 bits per heavy atom. The van der Waals surface area contributed by atoms with Gasteiger partial charge in [0.25, 0.3) is 5.56 Å². The molecule has 170 valence electrons. The van der Waals surface area contributed by atoms with Gasteiger partial charge in [-0.3, -0.25) is 19.1 Å². The van der Waals surface area contributed by atoms with Gasteiger partial charge in [0.1, 0.15) is 5.82 Å². The van der Waals surface area contributed by atoms with E-state index in [0.29, 0.717) is 24.9 Å². The fourth-order valence-corrected chi connectivity index (χ4v) is 4.48. The number of nitrogens with zero attached hydrogens (tertiary/aromatic N) is 3. The molecule has 2 atom stereocenters. The molecule has 0 spiro atoms. The molecule has 0 bridgehead atoms. The van der Waals surface area contributed by atoms with Gasteiger partial charge in [-0.15, -0.1) is 0 Å². The summed E-state index contributed by atoms with van der Waals surface area (Å²) < 4.78 is 1.33. The highest BCUT2D eigenvalue weighted by molar-refractivity contribution is 5.80. The third-order valence-corrected chi connectivity index (χ3v) is 6.38. The summed E-state index contributed by atoms with van der Waals surface area (Å²) in [6.45, 7) is 7.91.